The Bertz CT molecular complexity index is 587. The number of nitrogens with zero attached hydrogens (tertiary/aromatic N) is 3. The van der Waals surface area contributed by atoms with E-state index in [1.54, 1.807) is 0 Å². The van der Waals surface area contributed by atoms with Gasteiger partial charge in [0.2, 0.25) is 5.28 Å². The average Bonchev–Trinajstić information content (AvgIpc) is 2.60. The van der Waals surface area contributed by atoms with Gasteiger partial charge in [0, 0.05) is 14.9 Å². The van der Waals surface area contributed by atoms with Crippen LogP contribution in [0.2, 0.25) is 10.3 Å². The minimum atomic E-state index is -0.154. The molecule has 0 amide bonds. The van der Waals surface area contributed by atoms with E-state index < -0.39 is 0 Å². The fourth-order valence-corrected chi connectivity index (χ4v) is 2.70. The molecule has 0 saturated heterocycles. The fraction of sp³-hybridized carbons (Fsp3) is 0.333. The van der Waals surface area contributed by atoms with Crippen LogP contribution in [0.25, 0.3) is 5.69 Å². The maximum absolute atomic E-state index is 6.13. The maximum atomic E-state index is 6.13. The van der Waals surface area contributed by atoms with Gasteiger partial charge in [-0.25, -0.2) is 0 Å². The first-order valence-corrected chi connectivity index (χ1v) is 6.92. The average molecular weight is 349 g/mol. The standard InChI is InChI=1S/C12H12BrCl2N3/c1-12(2,3)10-16-17-11(15)18(10)9-5-4-7(14)6-8(9)13/h4-6H,1-3H3. The van der Waals surface area contributed by atoms with Gasteiger partial charge in [0.1, 0.15) is 5.82 Å². The third-order valence-corrected chi connectivity index (χ3v) is 3.56. The van der Waals surface area contributed by atoms with Crippen molar-refractivity contribution in [2.75, 3.05) is 0 Å². The molecule has 0 radical (unpaired) electrons. The molecule has 1 heterocycles. The van der Waals surface area contributed by atoms with Gasteiger partial charge in [0.15, 0.2) is 0 Å². The Labute approximate surface area is 124 Å². The van der Waals surface area contributed by atoms with Crippen molar-refractivity contribution < 1.29 is 0 Å². The second-order valence-corrected chi connectivity index (χ2v) is 6.60. The normalized spacial score (nSPS) is 11.9. The van der Waals surface area contributed by atoms with Crippen molar-refractivity contribution in [3.8, 4) is 5.69 Å². The Hall–Kier alpha value is -0.580. The van der Waals surface area contributed by atoms with Gasteiger partial charge in [-0.3, -0.25) is 4.57 Å². The molecule has 0 unspecified atom stereocenters. The highest BCUT2D eigenvalue weighted by molar-refractivity contribution is 9.10. The zero-order chi connectivity index (χ0) is 13.5. The fourth-order valence-electron chi connectivity index (χ4n) is 1.63. The molecule has 0 aliphatic heterocycles. The van der Waals surface area contributed by atoms with Gasteiger partial charge in [-0.05, 0) is 45.7 Å². The molecule has 2 rings (SSSR count). The number of rotatable bonds is 1. The van der Waals surface area contributed by atoms with Crippen LogP contribution in [0, 0.1) is 0 Å². The van der Waals surface area contributed by atoms with E-state index in [9.17, 15) is 0 Å². The Balaban J connectivity index is 2.67. The van der Waals surface area contributed by atoms with Crippen molar-refractivity contribution in [2.24, 2.45) is 0 Å². The van der Waals surface area contributed by atoms with Gasteiger partial charge < -0.3 is 0 Å². The van der Waals surface area contributed by atoms with E-state index >= 15 is 0 Å². The van der Waals surface area contributed by atoms with Crippen LogP contribution in [-0.4, -0.2) is 14.8 Å². The summed E-state index contributed by atoms with van der Waals surface area (Å²) < 4.78 is 2.67. The molecule has 96 valence electrons. The van der Waals surface area contributed by atoms with Crippen LogP contribution in [-0.2, 0) is 5.41 Å². The van der Waals surface area contributed by atoms with Gasteiger partial charge in [-0.2, -0.15) is 0 Å². The lowest BCUT2D eigenvalue weighted by Gasteiger charge is -2.19. The minimum Gasteiger partial charge on any atom is -0.268 e. The molecule has 0 aliphatic carbocycles. The molecule has 0 N–H and O–H groups in total. The number of hydrogen-bond donors (Lipinski definition) is 0. The second kappa shape index (κ2) is 4.83. The van der Waals surface area contributed by atoms with Crippen LogP contribution in [0.15, 0.2) is 22.7 Å². The van der Waals surface area contributed by atoms with Gasteiger partial charge in [0.05, 0.1) is 5.69 Å². The van der Waals surface area contributed by atoms with Crippen molar-refractivity contribution in [2.45, 2.75) is 26.2 Å². The molecule has 0 spiro atoms. The number of aromatic nitrogens is 3. The zero-order valence-corrected chi connectivity index (χ0v) is 13.3. The lowest BCUT2D eigenvalue weighted by atomic mass is 9.95. The minimum absolute atomic E-state index is 0.154. The first kappa shape index (κ1) is 13.8. The Morgan fingerprint density at radius 2 is 1.83 bits per heavy atom. The monoisotopic (exact) mass is 347 g/mol. The maximum Gasteiger partial charge on any atom is 0.229 e. The summed E-state index contributed by atoms with van der Waals surface area (Å²) in [5.41, 5.74) is 0.721. The highest BCUT2D eigenvalue weighted by atomic mass is 79.9. The van der Waals surface area contributed by atoms with Crippen LogP contribution < -0.4 is 0 Å². The van der Waals surface area contributed by atoms with Crippen LogP contribution in [0.4, 0.5) is 0 Å². The summed E-state index contributed by atoms with van der Waals surface area (Å²) in [6.07, 6.45) is 0. The Morgan fingerprint density at radius 3 is 2.39 bits per heavy atom. The summed E-state index contributed by atoms with van der Waals surface area (Å²) in [5.74, 6) is 0.801. The first-order chi connectivity index (χ1) is 8.30. The van der Waals surface area contributed by atoms with E-state index in [4.69, 9.17) is 23.2 Å². The van der Waals surface area contributed by atoms with Gasteiger partial charge in [-0.15, -0.1) is 10.2 Å². The van der Waals surface area contributed by atoms with Gasteiger partial charge in [0.25, 0.3) is 0 Å². The molecule has 2 aromatic rings. The van der Waals surface area contributed by atoms with Crippen LogP contribution in [0.1, 0.15) is 26.6 Å². The highest BCUT2D eigenvalue weighted by Gasteiger charge is 2.25. The summed E-state index contributed by atoms with van der Waals surface area (Å²) in [6.45, 7) is 6.19. The predicted molar refractivity (Wildman–Crippen MR) is 77.8 cm³/mol. The van der Waals surface area contributed by atoms with E-state index in [1.807, 2.05) is 22.8 Å². The van der Waals surface area contributed by atoms with E-state index in [0.717, 1.165) is 16.0 Å². The van der Waals surface area contributed by atoms with Crippen LogP contribution >= 0.6 is 39.1 Å². The summed E-state index contributed by atoms with van der Waals surface area (Å²) in [5, 5.41) is 9.10. The third-order valence-electron chi connectivity index (χ3n) is 2.45. The van der Waals surface area contributed by atoms with Crippen molar-refractivity contribution in [3.05, 3.63) is 38.8 Å². The van der Waals surface area contributed by atoms with Crippen molar-refractivity contribution in [3.63, 3.8) is 0 Å². The Morgan fingerprint density at radius 1 is 1.17 bits per heavy atom. The third kappa shape index (κ3) is 2.56. The van der Waals surface area contributed by atoms with Crippen molar-refractivity contribution >= 4 is 39.1 Å². The van der Waals surface area contributed by atoms with Crippen LogP contribution in [0.3, 0.4) is 0 Å². The summed E-state index contributed by atoms with van der Waals surface area (Å²) in [4.78, 5) is 0. The lowest BCUT2D eigenvalue weighted by Crippen LogP contribution is -2.18. The highest BCUT2D eigenvalue weighted by Crippen LogP contribution is 2.31. The Kier molecular flexibility index (Phi) is 3.72. The van der Waals surface area contributed by atoms with E-state index in [0.29, 0.717) is 10.3 Å². The molecular formula is C12H12BrCl2N3. The molecule has 1 aromatic carbocycles. The smallest absolute Gasteiger partial charge is 0.229 e. The molecule has 0 atom stereocenters. The summed E-state index contributed by atoms with van der Waals surface area (Å²) in [6, 6.07) is 5.51. The largest absolute Gasteiger partial charge is 0.268 e. The molecule has 0 fully saturated rings. The zero-order valence-electron chi connectivity index (χ0n) is 10.2. The first-order valence-electron chi connectivity index (χ1n) is 5.37. The molecule has 1 aromatic heterocycles. The van der Waals surface area contributed by atoms with E-state index in [1.165, 1.54) is 0 Å². The second-order valence-electron chi connectivity index (χ2n) is 4.97. The molecule has 0 aliphatic rings. The van der Waals surface area contributed by atoms with Crippen molar-refractivity contribution in [1.29, 1.82) is 0 Å². The van der Waals surface area contributed by atoms with Crippen molar-refractivity contribution in [1.82, 2.24) is 14.8 Å². The molecule has 18 heavy (non-hydrogen) atoms. The summed E-state index contributed by atoms with van der Waals surface area (Å²) in [7, 11) is 0. The van der Waals surface area contributed by atoms with Gasteiger partial charge >= 0.3 is 0 Å². The molecule has 0 bridgehead atoms. The molecule has 0 saturated carbocycles. The van der Waals surface area contributed by atoms with E-state index in [2.05, 4.69) is 46.9 Å². The quantitative estimate of drug-likeness (QED) is 0.751. The summed E-state index contributed by atoms with van der Waals surface area (Å²) >= 11 is 15.6. The number of halogens is 3. The molecule has 3 nitrogen and oxygen atoms in total. The molecule has 6 heteroatoms. The lowest BCUT2D eigenvalue weighted by molar-refractivity contribution is 0.533. The molecular weight excluding hydrogens is 337 g/mol. The number of hydrogen-bond acceptors (Lipinski definition) is 2. The van der Waals surface area contributed by atoms with Crippen LogP contribution in [0.5, 0.6) is 0 Å². The van der Waals surface area contributed by atoms with E-state index in [-0.39, 0.29) is 5.41 Å². The topological polar surface area (TPSA) is 30.7 Å². The SMILES string of the molecule is CC(C)(C)c1nnc(Cl)n1-c1ccc(Cl)cc1Br. The number of benzene rings is 1. The predicted octanol–water partition coefficient (Wildman–Crippen LogP) is 4.63. The van der Waals surface area contributed by atoms with Gasteiger partial charge in [-0.1, -0.05) is 32.4 Å².